The van der Waals surface area contributed by atoms with Crippen molar-refractivity contribution in [2.45, 2.75) is 0 Å². The van der Waals surface area contributed by atoms with E-state index in [2.05, 4.69) is 57.6 Å². The number of hydrogen-bond donors (Lipinski definition) is 0. The second-order valence-corrected chi connectivity index (χ2v) is 5.10. The molecule has 0 saturated heterocycles. The van der Waals surface area contributed by atoms with Gasteiger partial charge in [-0.15, -0.1) is 0 Å². The zero-order chi connectivity index (χ0) is 8.27. The molecule has 0 aromatic heterocycles. The van der Waals surface area contributed by atoms with E-state index in [4.69, 9.17) is 0 Å². The zero-order valence-electron chi connectivity index (χ0n) is 7.16. The van der Waals surface area contributed by atoms with Crippen molar-refractivity contribution in [3.8, 4) is 0 Å². The Morgan fingerprint density at radius 1 is 1.18 bits per heavy atom. The van der Waals surface area contributed by atoms with Crippen LogP contribution in [0.4, 0.5) is 5.69 Å². The number of nitrogens with zero attached hydrogens (tertiary/aromatic N) is 1. The summed E-state index contributed by atoms with van der Waals surface area (Å²) >= 11 is 2.40. The summed E-state index contributed by atoms with van der Waals surface area (Å²) in [6, 6.07) is 8.84. The van der Waals surface area contributed by atoms with E-state index < -0.39 is 0 Å². The molecule has 1 aromatic carbocycles. The van der Waals surface area contributed by atoms with Gasteiger partial charge in [0.2, 0.25) is 0 Å². The first-order valence-corrected chi connectivity index (χ1v) is 7.05. The molecular weight excluding hydrogens is 245 g/mol. The first-order valence-electron chi connectivity index (χ1n) is 3.55. The van der Waals surface area contributed by atoms with Gasteiger partial charge in [0.25, 0.3) is 0 Å². The van der Waals surface area contributed by atoms with Crippen molar-refractivity contribution in [1.29, 1.82) is 0 Å². The van der Waals surface area contributed by atoms with Crippen LogP contribution in [-0.4, -0.2) is 46.7 Å². The molecule has 0 aliphatic rings. The first kappa shape index (κ1) is 9.49. The van der Waals surface area contributed by atoms with Gasteiger partial charge in [-0.25, -0.2) is 0 Å². The Hall–Kier alpha value is 0.407. The molecule has 0 amide bonds. The summed E-state index contributed by atoms with van der Waals surface area (Å²) in [5.41, 5.74) is 1.29. The quantitative estimate of drug-likeness (QED) is 0.680. The van der Waals surface area contributed by atoms with Gasteiger partial charge in [-0.2, -0.15) is 0 Å². The van der Waals surface area contributed by atoms with Crippen LogP contribution in [0.2, 0.25) is 0 Å². The van der Waals surface area contributed by atoms with E-state index in [0.29, 0.717) is 0 Å². The summed E-state index contributed by atoms with van der Waals surface area (Å²) in [4.78, 5) is 2.12. The molecule has 0 bridgehead atoms. The van der Waals surface area contributed by atoms with E-state index in [-0.39, 0.29) is 18.3 Å². The molecule has 3 heteroatoms. The SMILES string of the molecule is [Li][Te]c1ccc(N(C)C)cc1. The van der Waals surface area contributed by atoms with Crippen LogP contribution in [0.25, 0.3) is 0 Å². The maximum atomic E-state index is 2.30. The second-order valence-electron chi connectivity index (χ2n) is 2.59. The van der Waals surface area contributed by atoms with Gasteiger partial charge >= 0.3 is 85.2 Å². The summed E-state index contributed by atoms with van der Waals surface area (Å²) in [6.45, 7) is 0. The van der Waals surface area contributed by atoms with E-state index in [9.17, 15) is 0 Å². The van der Waals surface area contributed by atoms with Gasteiger partial charge < -0.3 is 0 Å². The van der Waals surface area contributed by atoms with E-state index in [1.807, 2.05) is 0 Å². The third-order valence-electron chi connectivity index (χ3n) is 1.59. The molecule has 1 aromatic rings. The topological polar surface area (TPSA) is 3.24 Å². The average molecular weight is 255 g/mol. The van der Waals surface area contributed by atoms with Crippen molar-refractivity contribution in [1.82, 2.24) is 0 Å². The van der Waals surface area contributed by atoms with Crippen molar-refractivity contribution in [2.24, 2.45) is 0 Å². The molecule has 0 radical (unpaired) electrons. The van der Waals surface area contributed by atoms with Crippen molar-refractivity contribution < 1.29 is 0 Å². The van der Waals surface area contributed by atoms with Gasteiger partial charge in [-0.3, -0.25) is 0 Å². The summed E-state index contributed by atoms with van der Waals surface area (Å²) in [6.07, 6.45) is 0. The monoisotopic (exact) mass is 257 g/mol. The first-order chi connectivity index (χ1) is 5.24. The molecule has 0 aliphatic carbocycles. The summed E-state index contributed by atoms with van der Waals surface area (Å²) in [7, 11) is 4.13. The minimum absolute atomic E-state index is 0.102. The van der Waals surface area contributed by atoms with Crippen LogP contribution in [0, 0.1) is 0 Å². The molecule has 0 heterocycles. The number of anilines is 1. The third kappa shape index (κ3) is 2.73. The van der Waals surface area contributed by atoms with E-state index in [1.54, 1.807) is 0 Å². The van der Waals surface area contributed by atoms with Gasteiger partial charge in [0.05, 0.1) is 0 Å². The summed E-state index contributed by atoms with van der Waals surface area (Å²) in [5.74, 6) is 0. The molecule has 1 rings (SSSR count). The van der Waals surface area contributed by atoms with Crippen molar-refractivity contribution in [3.63, 3.8) is 0 Å². The molecule has 0 aliphatic heterocycles. The van der Waals surface area contributed by atoms with Gasteiger partial charge in [-0.1, -0.05) is 0 Å². The molecule has 0 saturated carbocycles. The molecule has 0 atom stereocenters. The molecule has 0 N–H and O–H groups in total. The van der Waals surface area contributed by atoms with Crippen molar-refractivity contribution in [2.75, 3.05) is 19.0 Å². The number of rotatable bonds is 2. The van der Waals surface area contributed by atoms with E-state index in [1.165, 1.54) is 9.30 Å². The van der Waals surface area contributed by atoms with E-state index in [0.717, 1.165) is 0 Å². The van der Waals surface area contributed by atoms with Crippen LogP contribution in [-0.2, 0) is 0 Å². The molecule has 1 nitrogen and oxygen atoms in total. The van der Waals surface area contributed by atoms with Crippen LogP contribution < -0.4 is 8.51 Å². The summed E-state index contributed by atoms with van der Waals surface area (Å²) < 4.78 is 1.53. The predicted molar refractivity (Wildman–Crippen MR) is 51.9 cm³/mol. The van der Waals surface area contributed by atoms with Crippen molar-refractivity contribution in [3.05, 3.63) is 24.3 Å². The van der Waals surface area contributed by atoms with Crippen molar-refractivity contribution >= 4 is 41.9 Å². The van der Waals surface area contributed by atoms with Crippen LogP contribution in [0.15, 0.2) is 24.3 Å². The van der Waals surface area contributed by atoms with Crippen LogP contribution in [0.3, 0.4) is 0 Å². The third-order valence-corrected chi connectivity index (χ3v) is 3.71. The Morgan fingerprint density at radius 2 is 1.73 bits per heavy atom. The molecule has 0 unspecified atom stereocenters. The fourth-order valence-electron chi connectivity index (χ4n) is 0.880. The predicted octanol–water partition coefficient (Wildman–Crippen LogP) is 0.166. The fraction of sp³-hybridized carbons (Fsp3) is 0.250. The van der Waals surface area contributed by atoms with Crippen LogP contribution in [0.5, 0.6) is 0 Å². The van der Waals surface area contributed by atoms with Gasteiger partial charge in [0.1, 0.15) is 0 Å². The van der Waals surface area contributed by atoms with Gasteiger partial charge in [0, 0.05) is 0 Å². The Bertz CT molecular complexity index is 220. The Morgan fingerprint density at radius 3 is 2.09 bits per heavy atom. The molecule has 54 valence electrons. The molecule has 0 fully saturated rings. The number of benzene rings is 1. The molecular formula is C8H10LiNTe. The Balaban J connectivity index is 2.83. The fourth-order valence-corrected chi connectivity index (χ4v) is 2.05. The average Bonchev–Trinajstić information content (AvgIpc) is 2.05. The zero-order valence-corrected chi connectivity index (χ0v) is 9.50. The molecule has 11 heavy (non-hydrogen) atoms. The minimum atomic E-state index is 0.102. The summed E-state index contributed by atoms with van der Waals surface area (Å²) in [5, 5.41) is 0. The Kier molecular flexibility index (Phi) is 3.83. The molecule has 0 spiro atoms. The van der Waals surface area contributed by atoms with Crippen LogP contribution >= 0.6 is 0 Å². The second kappa shape index (κ2) is 4.44. The normalized spacial score (nSPS) is 9.82. The number of hydrogen-bond acceptors (Lipinski definition) is 1. The standard InChI is InChI=1S/C8H11NTe.Li/c1-9(2)7-3-5-8(10)6-4-7;/h3-6,10H,1-2H3;/q;+1/p-1. The van der Waals surface area contributed by atoms with Gasteiger partial charge in [0.15, 0.2) is 0 Å². The van der Waals surface area contributed by atoms with E-state index >= 15 is 0 Å². The van der Waals surface area contributed by atoms with Crippen LogP contribution in [0.1, 0.15) is 0 Å². The van der Waals surface area contributed by atoms with Gasteiger partial charge in [-0.05, 0) is 0 Å². The Labute approximate surface area is 84.7 Å². The maximum absolute atomic E-state index is 2.30.